The number of rotatable bonds is 6. The van der Waals surface area contributed by atoms with E-state index in [1.807, 2.05) is 25.2 Å². The summed E-state index contributed by atoms with van der Waals surface area (Å²) < 4.78 is 0. The van der Waals surface area contributed by atoms with Gasteiger partial charge in [-0.05, 0) is 30.7 Å². The summed E-state index contributed by atoms with van der Waals surface area (Å²) in [7, 11) is 2.04. The molecule has 1 heterocycles. The predicted molar refractivity (Wildman–Crippen MR) is 85.3 cm³/mol. The van der Waals surface area contributed by atoms with Gasteiger partial charge in [0.25, 0.3) is 5.91 Å². The van der Waals surface area contributed by atoms with Crippen LogP contribution in [-0.2, 0) is 0 Å². The first kappa shape index (κ1) is 14.8. The van der Waals surface area contributed by atoms with Crippen LogP contribution in [0.25, 0.3) is 0 Å². The number of anilines is 2. The highest BCUT2D eigenvalue weighted by Crippen LogP contribution is 2.10. The van der Waals surface area contributed by atoms with Gasteiger partial charge in [-0.1, -0.05) is 18.2 Å². The fraction of sp³-hybridized carbons (Fsp3) is 0.250. The van der Waals surface area contributed by atoms with Crippen molar-refractivity contribution in [2.24, 2.45) is 0 Å². The normalized spacial score (nSPS) is 10.1. The number of nitrogens with one attached hydrogen (secondary N) is 1. The van der Waals surface area contributed by atoms with Crippen molar-refractivity contribution in [3.8, 4) is 0 Å². The van der Waals surface area contributed by atoms with Gasteiger partial charge in [0.2, 0.25) is 0 Å². The van der Waals surface area contributed by atoms with Gasteiger partial charge in [0.1, 0.15) is 5.69 Å². The van der Waals surface area contributed by atoms with Crippen molar-refractivity contribution >= 4 is 17.3 Å². The summed E-state index contributed by atoms with van der Waals surface area (Å²) in [4.78, 5) is 18.0. The average molecular weight is 284 g/mol. The number of nitrogens with zero attached hydrogens (tertiary/aromatic N) is 2. The smallest absolute Gasteiger partial charge is 0.269 e. The van der Waals surface area contributed by atoms with Crippen LogP contribution in [0.4, 0.5) is 11.4 Å². The Morgan fingerprint density at radius 2 is 2.00 bits per heavy atom. The standard InChI is InChI=1S/C16H20N4O/c1-20(14-6-3-2-4-7-14)11-5-10-18-16(21)15-9-8-13(17)12-19-15/h2-4,6-9,12H,5,10-11,17H2,1H3,(H,18,21). The zero-order valence-electron chi connectivity index (χ0n) is 12.1. The first-order valence-corrected chi connectivity index (χ1v) is 6.93. The van der Waals surface area contributed by atoms with E-state index in [0.717, 1.165) is 13.0 Å². The third kappa shape index (κ3) is 4.49. The second-order valence-corrected chi connectivity index (χ2v) is 4.84. The SMILES string of the molecule is CN(CCCNC(=O)c1ccc(N)cn1)c1ccccc1. The van der Waals surface area contributed by atoms with Crippen LogP contribution in [0.2, 0.25) is 0 Å². The van der Waals surface area contributed by atoms with Crippen LogP contribution in [0.3, 0.4) is 0 Å². The topological polar surface area (TPSA) is 71.2 Å². The number of carbonyl (C=O) groups excluding carboxylic acids is 1. The molecule has 0 aliphatic rings. The quantitative estimate of drug-likeness (QED) is 0.795. The molecule has 0 aliphatic heterocycles. The molecule has 3 N–H and O–H groups in total. The van der Waals surface area contributed by atoms with Crippen molar-refractivity contribution in [2.45, 2.75) is 6.42 Å². The molecule has 0 fully saturated rings. The largest absolute Gasteiger partial charge is 0.397 e. The van der Waals surface area contributed by atoms with E-state index < -0.39 is 0 Å². The van der Waals surface area contributed by atoms with Gasteiger partial charge >= 0.3 is 0 Å². The van der Waals surface area contributed by atoms with E-state index >= 15 is 0 Å². The first-order valence-electron chi connectivity index (χ1n) is 6.93. The Bertz CT molecular complexity index is 569. The van der Waals surface area contributed by atoms with Crippen molar-refractivity contribution in [2.75, 3.05) is 30.8 Å². The maximum absolute atomic E-state index is 11.8. The summed E-state index contributed by atoms with van der Waals surface area (Å²) >= 11 is 0. The van der Waals surface area contributed by atoms with Crippen LogP contribution < -0.4 is 16.0 Å². The lowest BCUT2D eigenvalue weighted by Crippen LogP contribution is -2.28. The van der Waals surface area contributed by atoms with E-state index in [9.17, 15) is 4.79 Å². The number of hydrogen-bond acceptors (Lipinski definition) is 4. The average Bonchev–Trinajstić information content (AvgIpc) is 2.52. The molecule has 0 atom stereocenters. The Kier molecular flexibility index (Phi) is 5.15. The molecule has 0 spiro atoms. The molecular formula is C16H20N4O. The Hall–Kier alpha value is -2.56. The van der Waals surface area contributed by atoms with Gasteiger partial charge in [0, 0.05) is 25.8 Å². The third-order valence-corrected chi connectivity index (χ3v) is 3.17. The van der Waals surface area contributed by atoms with E-state index in [0.29, 0.717) is 17.9 Å². The molecule has 5 heteroatoms. The zero-order chi connectivity index (χ0) is 15.1. The maximum atomic E-state index is 11.8. The van der Waals surface area contributed by atoms with Gasteiger partial charge in [-0.15, -0.1) is 0 Å². The predicted octanol–water partition coefficient (Wildman–Crippen LogP) is 1.92. The highest BCUT2D eigenvalue weighted by Gasteiger charge is 2.06. The molecule has 0 bridgehead atoms. The number of benzene rings is 1. The molecule has 1 aromatic carbocycles. The summed E-state index contributed by atoms with van der Waals surface area (Å²) in [5.41, 5.74) is 7.65. The van der Waals surface area contributed by atoms with Gasteiger partial charge in [-0.3, -0.25) is 4.79 Å². The molecule has 2 rings (SSSR count). The number of para-hydroxylation sites is 1. The van der Waals surface area contributed by atoms with Crippen molar-refractivity contribution in [1.82, 2.24) is 10.3 Å². The number of carbonyl (C=O) groups is 1. The lowest BCUT2D eigenvalue weighted by molar-refractivity contribution is 0.0948. The van der Waals surface area contributed by atoms with Crippen LogP contribution in [0.15, 0.2) is 48.7 Å². The number of nitrogens with two attached hydrogens (primary N) is 1. The van der Waals surface area contributed by atoms with Crippen molar-refractivity contribution in [3.63, 3.8) is 0 Å². The Morgan fingerprint density at radius 3 is 2.67 bits per heavy atom. The summed E-state index contributed by atoms with van der Waals surface area (Å²) in [6, 6.07) is 13.5. The molecule has 0 unspecified atom stereocenters. The van der Waals surface area contributed by atoms with Crippen molar-refractivity contribution in [1.29, 1.82) is 0 Å². The molecular weight excluding hydrogens is 264 g/mol. The molecule has 5 nitrogen and oxygen atoms in total. The van der Waals surface area contributed by atoms with E-state index in [-0.39, 0.29) is 5.91 Å². The minimum atomic E-state index is -0.169. The second kappa shape index (κ2) is 7.28. The zero-order valence-corrected chi connectivity index (χ0v) is 12.1. The molecule has 0 saturated heterocycles. The number of hydrogen-bond donors (Lipinski definition) is 2. The van der Waals surface area contributed by atoms with Gasteiger partial charge < -0.3 is 16.0 Å². The number of nitrogen functional groups attached to an aromatic ring is 1. The molecule has 1 aromatic heterocycles. The monoisotopic (exact) mass is 284 g/mol. The summed E-state index contributed by atoms with van der Waals surface area (Å²) in [5.74, 6) is -0.169. The Labute approximate surface area is 124 Å². The summed E-state index contributed by atoms with van der Waals surface area (Å²) in [6.07, 6.45) is 2.35. The Balaban J connectivity index is 1.72. The first-order chi connectivity index (χ1) is 10.2. The highest BCUT2D eigenvalue weighted by molar-refractivity contribution is 5.92. The van der Waals surface area contributed by atoms with Gasteiger partial charge in [-0.2, -0.15) is 0 Å². The minimum Gasteiger partial charge on any atom is -0.397 e. The maximum Gasteiger partial charge on any atom is 0.269 e. The minimum absolute atomic E-state index is 0.169. The molecule has 0 aliphatic carbocycles. The number of aromatic nitrogens is 1. The molecule has 21 heavy (non-hydrogen) atoms. The molecule has 2 aromatic rings. The van der Waals surface area contributed by atoms with E-state index in [1.165, 1.54) is 11.9 Å². The summed E-state index contributed by atoms with van der Waals surface area (Å²) in [6.45, 7) is 1.49. The van der Waals surface area contributed by atoms with Gasteiger partial charge in [-0.25, -0.2) is 4.98 Å². The van der Waals surface area contributed by atoms with Gasteiger partial charge in [0.05, 0.1) is 11.9 Å². The number of pyridine rings is 1. The van der Waals surface area contributed by atoms with Crippen LogP contribution >= 0.6 is 0 Å². The van der Waals surface area contributed by atoms with Crippen molar-refractivity contribution < 1.29 is 4.79 Å². The van der Waals surface area contributed by atoms with Crippen LogP contribution in [0.1, 0.15) is 16.9 Å². The number of amides is 1. The lowest BCUT2D eigenvalue weighted by Gasteiger charge is -2.19. The molecule has 0 saturated carbocycles. The fourth-order valence-electron chi connectivity index (χ4n) is 1.96. The van der Waals surface area contributed by atoms with Crippen LogP contribution in [0, 0.1) is 0 Å². The van der Waals surface area contributed by atoms with E-state index in [4.69, 9.17) is 5.73 Å². The summed E-state index contributed by atoms with van der Waals surface area (Å²) in [5, 5.41) is 2.86. The fourth-order valence-corrected chi connectivity index (χ4v) is 1.96. The molecule has 110 valence electrons. The Morgan fingerprint density at radius 1 is 1.24 bits per heavy atom. The third-order valence-electron chi connectivity index (χ3n) is 3.17. The molecule has 1 amide bonds. The van der Waals surface area contributed by atoms with E-state index in [2.05, 4.69) is 27.3 Å². The molecule has 0 radical (unpaired) electrons. The van der Waals surface area contributed by atoms with Crippen LogP contribution in [0.5, 0.6) is 0 Å². The van der Waals surface area contributed by atoms with Gasteiger partial charge in [0.15, 0.2) is 0 Å². The van der Waals surface area contributed by atoms with E-state index in [1.54, 1.807) is 12.1 Å². The second-order valence-electron chi connectivity index (χ2n) is 4.84. The van der Waals surface area contributed by atoms with Crippen LogP contribution in [-0.4, -0.2) is 31.0 Å². The van der Waals surface area contributed by atoms with Crippen molar-refractivity contribution in [3.05, 3.63) is 54.4 Å². The highest BCUT2D eigenvalue weighted by atomic mass is 16.1. The lowest BCUT2D eigenvalue weighted by atomic mass is 10.3.